The van der Waals surface area contributed by atoms with Gasteiger partial charge in [0.2, 0.25) is 0 Å². The Morgan fingerprint density at radius 2 is 1.24 bits per heavy atom. The van der Waals surface area contributed by atoms with Gasteiger partial charge in [0.15, 0.2) is 0 Å². The van der Waals surface area contributed by atoms with E-state index in [2.05, 4.69) is 15.3 Å². The van der Waals surface area contributed by atoms with Crippen molar-refractivity contribution in [3.8, 4) is 0 Å². The third-order valence-electron chi connectivity index (χ3n) is 9.10. The first kappa shape index (κ1) is 31.2. The third kappa shape index (κ3) is 4.61. The number of imide groups is 1. The molecule has 0 bridgehead atoms. The number of nitrogens with zero attached hydrogens (tertiary/aromatic N) is 3. The molecular weight excluding hydrogens is 617 g/mol. The van der Waals surface area contributed by atoms with Crippen LogP contribution in [0.1, 0.15) is 47.9 Å². The van der Waals surface area contributed by atoms with Crippen LogP contribution in [0.25, 0.3) is 21.8 Å². The number of urea groups is 1. The summed E-state index contributed by atoms with van der Waals surface area (Å²) in [6.07, 6.45) is 3.30. The standard InChI is InChI=1S/C34H29F3N4O4S/c1-19-7-5-9-27-29(19)25(15-17-38-27)21(3)33(22(4)26-16-18-39-28-10-6-8-20(2)30(26)28)31(42)41(32(43)40-33)23-11-13-24(14-12-23)46(44,45)34(35,36)37/h5-18,21-22H,1-4H3,(H,40,43). The first-order valence-electron chi connectivity index (χ1n) is 14.5. The van der Waals surface area contributed by atoms with Gasteiger partial charge in [-0.1, -0.05) is 38.1 Å². The summed E-state index contributed by atoms with van der Waals surface area (Å²) in [7, 11) is -5.63. The van der Waals surface area contributed by atoms with Crippen molar-refractivity contribution in [2.75, 3.05) is 4.90 Å². The number of pyridine rings is 2. The number of benzene rings is 3. The molecule has 1 fully saturated rings. The summed E-state index contributed by atoms with van der Waals surface area (Å²) in [6.45, 7) is 7.59. The number of anilines is 1. The molecule has 5 aromatic rings. The maximum atomic E-state index is 14.9. The molecule has 1 aliphatic rings. The van der Waals surface area contributed by atoms with Crippen molar-refractivity contribution in [2.45, 2.75) is 55.5 Å². The quantitative estimate of drug-likeness (QED) is 0.197. The van der Waals surface area contributed by atoms with Crippen LogP contribution in [-0.4, -0.2) is 41.4 Å². The molecule has 3 aromatic carbocycles. The molecule has 0 radical (unpaired) electrons. The van der Waals surface area contributed by atoms with E-state index in [-0.39, 0.29) is 5.69 Å². The van der Waals surface area contributed by atoms with E-state index < -0.39 is 49.6 Å². The number of alkyl halides is 3. The molecule has 3 amide bonds. The van der Waals surface area contributed by atoms with E-state index in [0.29, 0.717) is 11.0 Å². The van der Waals surface area contributed by atoms with Gasteiger partial charge in [0.05, 0.1) is 21.6 Å². The summed E-state index contributed by atoms with van der Waals surface area (Å²) >= 11 is 0. The number of aryl methyl sites for hydroxylation is 2. The van der Waals surface area contributed by atoms with Crippen molar-refractivity contribution >= 4 is 49.3 Å². The van der Waals surface area contributed by atoms with Crippen LogP contribution < -0.4 is 10.2 Å². The van der Waals surface area contributed by atoms with Gasteiger partial charge in [-0.3, -0.25) is 14.8 Å². The van der Waals surface area contributed by atoms with Crippen LogP contribution in [0.2, 0.25) is 0 Å². The first-order valence-corrected chi connectivity index (χ1v) is 15.9. The summed E-state index contributed by atoms with van der Waals surface area (Å²) in [5, 5.41) is 4.67. The van der Waals surface area contributed by atoms with Crippen LogP contribution in [0.15, 0.2) is 90.1 Å². The van der Waals surface area contributed by atoms with Crippen molar-refractivity contribution < 1.29 is 31.2 Å². The van der Waals surface area contributed by atoms with E-state index in [9.17, 15) is 31.2 Å². The molecule has 0 spiro atoms. The highest BCUT2D eigenvalue weighted by Crippen LogP contribution is 2.48. The predicted molar refractivity (Wildman–Crippen MR) is 168 cm³/mol. The summed E-state index contributed by atoms with van der Waals surface area (Å²) in [5.74, 6) is -1.93. The van der Waals surface area contributed by atoms with Crippen LogP contribution in [0, 0.1) is 13.8 Å². The number of nitrogens with one attached hydrogen (secondary N) is 1. The topological polar surface area (TPSA) is 109 Å². The second kappa shape index (κ2) is 10.9. The first-order chi connectivity index (χ1) is 21.7. The molecule has 2 atom stereocenters. The van der Waals surface area contributed by atoms with E-state index in [1.54, 1.807) is 12.4 Å². The number of halogens is 3. The van der Waals surface area contributed by atoms with E-state index in [4.69, 9.17) is 0 Å². The Labute approximate surface area is 263 Å². The highest BCUT2D eigenvalue weighted by molar-refractivity contribution is 7.92. The molecule has 2 unspecified atom stereocenters. The van der Waals surface area contributed by atoms with Crippen LogP contribution in [0.4, 0.5) is 23.7 Å². The van der Waals surface area contributed by atoms with Crippen LogP contribution in [0.5, 0.6) is 0 Å². The van der Waals surface area contributed by atoms with Gasteiger partial charge in [-0.25, -0.2) is 18.1 Å². The fraction of sp³-hybridized carbons (Fsp3) is 0.235. The molecule has 3 heterocycles. The number of fused-ring (bicyclic) bond motifs is 2. The van der Waals surface area contributed by atoms with Crippen LogP contribution in [-0.2, 0) is 14.6 Å². The second-order valence-corrected chi connectivity index (χ2v) is 13.5. The normalized spacial score (nSPS) is 18.6. The molecule has 1 N–H and O–H groups in total. The molecule has 46 heavy (non-hydrogen) atoms. The van der Waals surface area contributed by atoms with Gasteiger partial charge in [-0.15, -0.1) is 0 Å². The summed E-state index contributed by atoms with van der Waals surface area (Å²) < 4.78 is 63.6. The fourth-order valence-electron chi connectivity index (χ4n) is 6.71. The van der Waals surface area contributed by atoms with Gasteiger partial charge < -0.3 is 5.32 Å². The van der Waals surface area contributed by atoms with E-state index in [0.717, 1.165) is 62.2 Å². The maximum absolute atomic E-state index is 14.9. The molecule has 1 aliphatic heterocycles. The minimum atomic E-state index is -5.63. The summed E-state index contributed by atoms with van der Waals surface area (Å²) in [6, 6.07) is 17.8. The Morgan fingerprint density at radius 1 is 0.761 bits per heavy atom. The lowest BCUT2D eigenvalue weighted by atomic mass is 9.68. The molecule has 1 saturated heterocycles. The van der Waals surface area contributed by atoms with Crippen molar-refractivity contribution in [1.29, 1.82) is 0 Å². The second-order valence-electron chi connectivity index (χ2n) is 11.6. The minimum absolute atomic E-state index is 0.0727. The van der Waals surface area contributed by atoms with E-state index in [1.807, 2.05) is 76.2 Å². The lowest BCUT2D eigenvalue weighted by molar-refractivity contribution is -0.123. The Hall–Kier alpha value is -4.84. The van der Waals surface area contributed by atoms with E-state index in [1.165, 1.54) is 0 Å². The number of rotatable bonds is 6. The summed E-state index contributed by atoms with van der Waals surface area (Å²) in [5.41, 5.74) is -2.35. The zero-order valence-corrected chi connectivity index (χ0v) is 26.1. The largest absolute Gasteiger partial charge is 0.501 e. The van der Waals surface area contributed by atoms with Gasteiger partial charge in [-0.05, 0) is 84.6 Å². The van der Waals surface area contributed by atoms with Crippen molar-refractivity contribution in [3.63, 3.8) is 0 Å². The molecule has 0 saturated carbocycles. The number of sulfone groups is 1. The number of carbonyl (C=O) groups is 2. The number of hydrogen-bond donors (Lipinski definition) is 1. The van der Waals surface area contributed by atoms with Gasteiger partial charge in [0.25, 0.3) is 15.7 Å². The average Bonchev–Trinajstić information content (AvgIpc) is 3.29. The van der Waals surface area contributed by atoms with Crippen molar-refractivity contribution in [3.05, 3.63) is 107 Å². The summed E-state index contributed by atoms with van der Waals surface area (Å²) in [4.78, 5) is 37.6. The lowest BCUT2D eigenvalue weighted by Crippen LogP contribution is -2.55. The third-order valence-corrected chi connectivity index (χ3v) is 10.6. The number of carbonyl (C=O) groups excluding carboxylic acids is 2. The number of hydrogen-bond acceptors (Lipinski definition) is 6. The van der Waals surface area contributed by atoms with Crippen molar-refractivity contribution in [2.24, 2.45) is 0 Å². The maximum Gasteiger partial charge on any atom is 0.501 e. The fourth-order valence-corrected chi connectivity index (χ4v) is 7.48. The number of amides is 3. The molecule has 2 aromatic heterocycles. The minimum Gasteiger partial charge on any atom is -0.322 e. The van der Waals surface area contributed by atoms with Gasteiger partial charge in [-0.2, -0.15) is 13.2 Å². The zero-order valence-electron chi connectivity index (χ0n) is 25.3. The Bertz CT molecular complexity index is 2050. The SMILES string of the molecule is Cc1cccc2nccc(C(C)C3(C(C)c4ccnc5cccc(C)c45)NC(=O)N(c4ccc(S(=O)(=O)C(F)(F)F)cc4)C3=O)c12. The van der Waals surface area contributed by atoms with Gasteiger partial charge in [0, 0.05) is 35.0 Å². The molecule has 0 aliphatic carbocycles. The predicted octanol–water partition coefficient (Wildman–Crippen LogP) is 7.10. The molecular formula is C34H29F3N4O4S. The number of aromatic nitrogens is 2. The lowest BCUT2D eigenvalue weighted by Gasteiger charge is -2.39. The molecule has 236 valence electrons. The van der Waals surface area contributed by atoms with Gasteiger partial charge >= 0.3 is 11.5 Å². The smallest absolute Gasteiger partial charge is 0.322 e. The average molecular weight is 647 g/mol. The van der Waals surface area contributed by atoms with Crippen LogP contribution in [0.3, 0.4) is 0 Å². The zero-order chi connectivity index (χ0) is 33.2. The Morgan fingerprint density at radius 3 is 1.70 bits per heavy atom. The molecule has 6 rings (SSSR count). The van der Waals surface area contributed by atoms with Crippen LogP contribution >= 0.6 is 0 Å². The highest BCUT2D eigenvalue weighted by Gasteiger charge is 2.59. The highest BCUT2D eigenvalue weighted by atomic mass is 32.2. The Kier molecular flexibility index (Phi) is 7.38. The van der Waals surface area contributed by atoms with Crippen molar-refractivity contribution in [1.82, 2.24) is 15.3 Å². The Balaban J connectivity index is 1.55. The van der Waals surface area contributed by atoms with E-state index >= 15 is 0 Å². The molecule has 8 nitrogen and oxygen atoms in total. The monoisotopic (exact) mass is 646 g/mol. The van der Waals surface area contributed by atoms with Gasteiger partial charge in [0.1, 0.15) is 5.54 Å². The molecule has 12 heteroatoms.